The molecule has 2 nitrogen and oxygen atoms in total. The van der Waals surface area contributed by atoms with E-state index in [9.17, 15) is 0 Å². The molecule has 0 fully saturated rings. The number of nitrogens with zero attached hydrogens (tertiary/aromatic N) is 2. The molecule has 0 N–H and O–H groups in total. The largest absolute Gasteiger partial charge is 0.265 e. The van der Waals surface area contributed by atoms with Gasteiger partial charge in [-0.15, -0.1) is 0 Å². The Kier molecular flexibility index (Phi) is 7.44. The van der Waals surface area contributed by atoms with Crippen LogP contribution in [0.5, 0.6) is 0 Å². The zero-order valence-electron chi connectivity index (χ0n) is 29.6. The van der Waals surface area contributed by atoms with Crippen LogP contribution in [-0.2, 0) is 5.41 Å². The monoisotopic (exact) mass is 656 g/mol. The van der Waals surface area contributed by atoms with Gasteiger partial charge in [-0.25, -0.2) is 0 Å². The fourth-order valence-corrected chi connectivity index (χ4v) is 8.01. The molecule has 1 aliphatic rings. The van der Waals surface area contributed by atoms with Crippen LogP contribution in [-0.4, -0.2) is 9.97 Å². The van der Waals surface area contributed by atoms with Gasteiger partial charge in [0.05, 0.1) is 0 Å². The van der Waals surface area contributed by atoms with Crippen molar-refractivity contribution in [3.05, 3.63) is 175 Å². The zero-order chi connectivity index (χ0) is 34.7. The van der Waals surface area contributed by atoms with Crippen LogP contribution < -0.4 is 0 Å². The van der Waals surface area contributed by atoms with E-state index in [0.29, 0.717) is 5.92 Å². The van der Waals surface area contributed by atoms with Crippen molar-refractivity contribution in [1.82, 2.24) is 9.97 Å². The van der Waals surface area contributed by atoms with Crippen molar-refractivity contribution in [2.45, 2.75) is 39.0 Å². The number of benzene rings is 6. The third kappa shape index (κ3) is 5.52. The highest BCUT2D eigenvalue weighted by Gasteiger charge is 2.24. The molecular weight excluding hydrogens is 617 g/mol. The molecule has 2 atom stereocenters. The summed E-state index contributed by atoms with van der Waals surface area (Å²) in [6.07, 6.45) is 12.7. The molecule has 9 rings (SSSR count). The molecule has 51 heavy (non-hydrogen) atoms. The molecule has 8 aromatic rings. The molecule has 246 valence electrons. The van der Waals surface area contributed by atoms with Gasteiger partial charge in [0.2, 0.25) is 0 Å². The summed E-state index contributed by atoms with van der Waals surface area (Å²) in [5, 5.41) is 7.92. The molecule has 0 radical (unpaired) electrons. The lowest BCUT2D eigenvalue weighted by Gasteiger charge is -2.25. The maximum atomic E-state index is 4.70. The van der Waals surface area contributed by atoms with Gasteiger partial charge in [-0.3, -0.25) is 9.97 Å². The van der Waals surface area contributed by atoms with Gasteiger partial charge in [0, 0.05) is 30.2 Å². The van der Waals surface area contributed by atoms with Crippen LogP contribution in [0.3, 0.4) is 0 Å². The van der Waals surface area contributed by atoms with Crippen molar-refractivity contribution < 1.29 is 0 Å². The number of rotatable bonds is 5. The topological polar surface area (TPSA) is 25.8 Å². The lowest BCUT2D eigenvalue weighted by atomic mass is 9.79. The minimum absolute atomic E-state index is 0.0693. The number of hydrogen-bond acceptors (Lipinski definition) is 2. The average molecular weight is 657 g/mol. The minimum atomic E-state index is 0.0693. The van der Waals surface area contributed by atoms with Crippen LogP contribution in [0.15, 0.2) is 158 Å². The van der Waals surface area contributed by atoms with Crippen LogP contribution in [0, 0.1) is 5.92 Å². The highest BCUT2D eigenvalue weighted by molar-refractivity contribution is 6.27. The average Bonchev–Trinajstić information content (AvgIpc) is 3.17. The summed E-state index contributed by atoms with van der Waals surface area (Å²) < 4.78 is 0. The lowest BCUT2D eigenvalue weighted by Crippen LogP contribution is -2.11. The molecule has 0 spiro atoms. The molecule has 6 aromatic carbocycles. The van der Waals surface area contributed by atoms with E-state index in [1.807, 2.05) is 24.7 Å². The summed E-state index contributed by atoms with van der Waals surface area (Å²) in [7, 11) is 0. The standard InChI is InChI=1S/C49H40N2/c1-31-27-37(16-19-41(31)46-7-5-6-24-51-46)45-30-44(36-14-12-33(13-15-36)32-8-10-34(11-9-32)35-22-25-50-26-23-35)42-20-17-38-28-40(49(2,3)4)29-39-18-21-43(45)48(42)47(38)39/h5-31,41H,1-4H3. The first kappa shape index (κ1) is 31.1. The Morgan fingerprint density at radius 2 is 1.14 bits per heavy atom. The van der Waals surface area contributed by atoms with Crippen molar-refractivity contribution in [1.29, 1.82) is 0 Å². The van der Waals surface area contributed by atoms with Gasteiger partial charge in [0.1, 0.15) is 0 Å². The molecule has 0 bridgehead atoms. The van der Waals surface area contributed by atoms with E-state index in [4.69, 9.17) is 4.98 Å². The Labute approximate surface area is 300 Å². The van der Waals surface area contributed by atoms with E-state index in [1.165, 1.54) is 82.4 Å². The number of allylic oxidation sites excluding steroid dienone is 4. The highest BCUT2D eigenvalue weighted by atomic mass is 14.7. The molecule has 0 aliphatic heterocycles. The van der Waals surface area contributed by atoms with Gasteiger partial charge < -0.3 is 0 Å². The van der Waals surface area contributed by atoms with Crippen LogP contribution in [0.25, 0.3) is 71.3 Å². The Hall–Kier alpha value is -5.86. The summed E-state index contributed by atoms with van der Waals surface area (Å²) in [5.74, 6) is 0.580. The fraction of sp³-hybridized carbons (Fsp3) is 0.143. The van der Waals surface area contributed by atoms with Gasteiger partial charge in [0.15, 0.2) is 0 Å². The summed E-state index contributed by atoms with van der Waals surface area (Å²) in [5.41, 5.74) is 12.4. The number of hydrogen-bond donors (Lipinski definition) is 0. The molecule has 0 saturated heterocycles. The summed E-state index contributed by atoms with van der Waals surface area (Å²) in [6, 6.07) is 44.9. The Bertz CT molecular complexity index is 2570. The van der Waals surface area contributed by atoms with Gasteiger partial charge in [-0.2, -0.15) is 0 Å². The van der Waals surface area contributed by atoms with Gasteiger partial charge in [-0.1, -0.05) is 137 Å². The van der Waals surface area contributed by atoms with Gasteiger partial charge >= 0.3 is 0 Å². The van der Waals surface area contributed by atoms with Crippen molar-refractivity contribution in [2.75, 3.05) is 0 Å². The second-order valence-corrected chi connectivity index (χ2v) is 15.1. The van der Waals surface area contributed by atoms with E-state index in [1.54, 1.807) is 0 Å². The smallest absolute Gasteiger partial charge is 0.0478 e. The number of aromatic nitrogens is 2. The normalized spacial score (nSPS) is 16.3. The first-order chi connectivity index (χ1) is 24.8. The summed E-state index contributed by atoms with van der Waals surface area (Å²) in [6.45, 7) is 9.22. The molecule has 2 heteroatoms. The maximum absolute atomic E-state index is 4.70. The quantitative estimate of drug-likeness (QED) is 0.172. The maximum Gasteiger partial charge on any atom is 0.0478 e. The van der Waals surface area contributed by atoms with Crippen LogP contribution in [0.1, 0.15) is 50.4 Å². The van der Waals surface area contributed by atoms with Gasteiger partial charge in [0.25, 0.3) is 0 Å². The lowest BCUT2D eigenvalue weighted by molar-refractivity contribution is 0.591. The molecule has 2 aromatic heterocycles. The predicted molar refractivity (Wildman–Crippen MR) is 216 cm³/mol. The second kappa shape index (κ2) is 12.2. The fourth-order valence-electron chi connectivity index (χ4n) is 8.01. The first-order valence-electron chi connectivity index (χ1n) is 18.0. The van der Waals surface area contributed by atoms with Crippen molar-refractivity contribution in [2.24, 2.45) is 5.92 Å². The van der Waals surface area contributed by atoms with E-state index in [0.717, 1.165) is 5.69 Å². The molecule has 1 aliphatic carbocycles. The molecular formula is C49H40N2. The summed E-state index contributed by atoms with van der Waals surface area (Å²) >= 11 is 0. The minimum Gasteiger partial charge on any atom is -0.265 e. The van der Waals surface area contributed by atoms with E-state index >= 15 is 0 Å². The third-order valence-electron chi connectivity index (χ3n) is 10.8. The SMILES string of the molecule is CC1C=C(c2cc(-c3ccc(-c4ccc(-c5ccncc5)cc4)cc3)c3ccc4cc(C(C)(C)C)cc5ccc2c3c54)C=CC1c1ccccn1. The Balaban J connectivity index is 1.19. The first-order valence-corrected chi connectivity index (χ1v) is 18.0. The molecule has 0 saturated carbocycles. The predicted octanol–water partition coefficient (Wildman–Crippen LogP) is 13.0. The summed E-state index contributed by atoms with van der Waals surface area (Å²) in [4.78, 5) is 8.86. The van der Waals surface area contributed by atoms with Crippen molar-refractivity contribution in [3.63, 3.8) is 0 Å². The third-order valence-corrected chi connectivity index (χ3v) is 10.8. The Morgan fingerprint density at radius 3 is 1.71 bits per heavy atom. The van der Waals surface area contributed by atoms with Crippen LogP contribution in [0.4, 0.5) is 0 Å². The molecule has 2 unspecified atom stereocenters. The molecule has 0 amide bonds. The van der Waals surface area contributed by atoms with E-state index in [-0.39, 0.29) is 11.3 Å². The van der Waals surface area contributed by atoms with E-state index < -0.39 is 0 Å². The molecule has 2 heterocycles. The van der Waals surface area contributed by atoms with Crippen LogP contribution >= 0.6 is 0 Å². The van der Waals surface area contributed by atoms with Crippen molar-refractivity contribution >= 4 is 37.9 Å². The number of pyridine rings is 2. The second-order valence-electron chi connectivity index (χ2n) is 15.1. The van der Waals surface area contributed by atoms with E-state index in [2.05, 4.69) is 166 Å². The zero-order valence-corrected chi connectivity index (χ0v) is 29.6. The van der Waals surface area contributed by atoms with Crippen molar-refractivity contribution in [3.8, 4) is 33.4 Å². The van der Waals surface area contributed by atoms with Gasteiger partial charge in [-0.05, 0) is 124 Å². The Morgan fingerprint density at radius 1 is 0.549 bits per heavy atom. The van der Waals surface area contributed by atoms with Crippen LogP contribution in [0.2, 0.25) is 0 Å². The highest BCUT2D eigenvalue weighted by Crippen LogP contribution is 2.46.